The van der Waals surface area contributed by atoms with E-state index in [0.29, 0.717) is 13.2 Å². The number of nitriles is 1. The normalized spacial score (nSPS) is 20.1. The van der Waals surface area contributed by atoms with Crippen LogP contribution in [0.5, 0.6) is 0 Å². The minimum atomic E-state index is -0.767. The second-order valence-corrected chi connectivity index (χ2v) is 5.74. The summed E-state index contributed by atoms with van der Waals surface area (Å²) in [5.41, 5.74) is -0.00615. The van der Waals surface area contributed by atoms with E-state index < -0.39 is 5.54 Å². The van der Waals surface area contributed by atoms with E-state index >= 15 is 0 Å². The lowest BCUT2D eigenvalue weighted by Gasteiger charge is -2.30. The topological polar surface area (TPSA) is 57.7 Å². The van der Waals surface area contributed by atoms with E-state index in [1.807, 2.05) is 31.2 Å². The summed E-state index contributed by atoms with van der Waals surface area (Å²) in [5.74, 6) is 0.213. The van der Waals surface area contributed by atoms with Crippen molar-refractivity contribution in [1.82, 2.24) is 0 Å². The second-order valence-electron chi connectivity index (χ2n) is 4.82. The van der Waals surface area contributed by atoms with Crippen LogP contribution in [-0.4, -0.2) is 18.8 Å². The number of rotatable bonds is 3. The standard InChI is InChI=1S/C14H16BrN3O/c1-14(10-16,11-6-8-19-9-7-11)18-17-13-4-2-12(15)3-5-13/h2-5,11H,6-9H2,1H3. The number of nitrogens with zero attached hydrogens (tertiary/aromatic N) is 3. The van der Waals surface area contributed by atoms with Gasteiger partial charge in [-0.15, -0.1) is 0 Å². The highest BCUT2D eigenvalue weighted by Crippen LogP contribution is 2.31. The third-order valence-corrected chi connectivity index (χ3v) is 3.97. The molecule has 0 saturated carbocycles. The van der Waals surface area contributed by atoms with Gasteiger partial charge in [0.2, 0.25) is 0 Å². The number of halogens is 1. The van der Waals surface area contributed by atoms with Gasteiger partial charge in [-0.1, -0.05) is 15.9 Å². The van der Waals surface area contributed by atoms with Crippen LogP contribution in [-0.2, 0) is 4.74 Å². The van der Waals surface area contributed by atoms with Gasteiger partial charge >= 0.3 is 0 Å². The smallest absolute Gasteiger partial charge is 0.168 e. The number of hydrogen-bond acceptors (Lipinski definition) is 4. The van der Waals surface area contributed by atoms with Crippen LogP contribution in [0.25, 0.3) is 0 Å². The van der Waals surface area contributed by atoms with Crippen molar-refractivity contribution < 1.29 is 4.74 Å². The monoisotopic (exact) mass is 321 g/mol. The molecule has 19 heavy (non-hydrogen) atoms. The predicted octanol–water partition coefficient (Wildman–Crippen LogP) is 4.24. The van der Waals surface area contributed by atoms with Gasteiger partial charge in [0.1, 0.15) is 0 Å². The van der Waals surface area contributed by atoms with Gasteiger partial charge in [0.15, 0.2) is 5.54 Å². The summed E-state index contributed by atoms with van der Waals surface area (Å²) in [6.07, 6.45) is 1.73. The van der Waals surface area contributed by atoms with Gasteiger partial charge in [0, 0.05) is 23.6 Å². The second kappa shape index (κ2) is 6.27. The Hall–Kier alpha value is -1.25. The molecule has 1 fully saturated rings. The van der Waals surface area contributed by atoms with Crippen molar-refractivity contribution in [2.75, 3.05) is 13.2 Å². The first-order valence-corrected chi connectivity index (χ1v) is 7.11. The fourth-order valence-corrected chi connectivity index (χ4v) is 2.39. The predicted molar refractivity (Wildman–Crippen MR) is 76.2 cm³/mol. The van der Waals surface area contributed by atoms with Crippen LogP contribution in [0.2, 0.25) is 0 Å². The highest BCUT2D eigenvalue weighted by atomic mass is 79.9. The molecule has 2 rings (SSSR count). The Labute approximate surface area is 121 Å². The zero-order chi connectivity index (χ0) is 13.7. The Morgan fingerprint density at radius 2 is 1.95 bits per heavy atom. The molecule has 0 radical (unpaired) electrons. The third-order valence-electron chi connectivity index (χ3n) is 3.44. The molecular formula is C14H16BrN3O. The SMILES string of the molecule is CC(C#N)(N=Nc1ccc(Br)cc1)C1CCOCC1. The van der Waals surface area contributed by atoms with Crippen molar-refractivity contribution >= 4 is 21.6 Å². The minimum absolute atomic E-state index is 0.213. The highest BCUT2D eigenvalue weighted by Gasteiger charge is 2.35. The van der Waals surface area contributed by atoms with Crippen LogP contribution in [0.15, 0.2) is 39.0 Å². The van der Waals surface area contributed by atoms with Gasteiger partial charge in [-0.3, -0.25) is 0 Å². The number of azo groups is 1. The van der Waals surface area contributed by atoms with Crippen LogP contribution in [0.1, 0.15) is 19.8 Å². The molecule has 1 aromatic carbocycles. The average molecular weight is 322 g/mol. The van der Waals surface area contributed by atoms with Gasteiger partial charge in [-0.2, -0.15) is 15.5 Å². The Balaban J connectivity index is 2.13. The van der Waals surface area contributed by atoms with E-state index in [1.165, 1.54) is 0 Å². The van der Waals surface area contributed by atoms with Crippen molar-refractivity contribution in [3.05, 3.63) is 28.7 Å². The summed E-state index contributed by atoms with van der Waals surface area (Å²) in [4.78, 5) is 0. The molecule has 0 bridgehead atoms. The maximum absolute atomic E-state index is 9.41. The molecular weight excluding hydrogens is 306 g/mol. The lowest BCUT2D eigenvalue weighted by molar-refractivity contribution is 0.0508. The van der Waals surface area contributed by atoms with E-state index in [0.717, 1.165) is 23.0 Å². The van der Waals surface area contributed by atoms with Crippen LogP contribution in [0, 0.1) is 17.2 Å². The molecule has 1 aliphatic rings. The lowest BCUT2D eigenvalue weighted by Crippen LogP contribution is -2.35. The van der Waals surface area contributed by atoms with Crippen LogP contribution < -0.4 is 0 Å². The van der Waals surface area contributed by atoms with E-state index in [-0.39, 0.29) is 5.92 Å². The van der Waals surface area contributed by atoms with Crippen molar-refractivity contribution in [2.24, 2.45) is 16.1 Å². The summed E-state index contributed by atoms with van der Waals surface area (Å²) in [6, 6.07) is 9.86. The summed E-state index contributed by atoms with van der Waals surface area (Å²) in [5, 5.41) is 17.9. The maximum atomic E-state index is 9.41. The third kappa shape index (κ3) is 3.62. The molecule has 1 saturated heterocycles. The van der Waals surface area contributed by atoms with Gasteiger partial charge in [0.05, 0.1) is 11.8 Å². The first-order chi connectivity index (χ1) is 9.14. The Kier molecular flexibility index (Phi) is 4.67. The van der Waals surface area contributed by atoms with Crippen LogP contribution in [0.3, 0.4) is 0 Å². The van der Waals surface area contributed by atoms with Gasteiger partial charge < -0.3 is 4.74 Å². The zero-order valence-corrected chi connectivity index (χ0v) is 12.4. The average Bonchev–Trinajstić information content (AvgIpc) is 2.47. The molecule has 1 aromatic rings. The first-order valence-electron chi connectivity index (χ1n) is 6.31. The maximum Gasteiger partial charge on any atom is 0.168 e. The molecule has 1 heterocycles. The molecule has 1 atom stereocenters. The number of ether oxygens (including phenoxy) is 1. The molecule has 5 heteroatoms. The summed E-state index contributed by atoms with van der Waals surface area (Å²) in [7, 11) is 0. The van der Waals surface area contributed by atoms with E-state index in [4.69, 9.17) is 4.74 Å². The zero-order valence-electron chi connectivity index (χ0n) is 10.8. The Morgan fingerprint density at radius 1 is 1.32 bits per heavy atom. The van der Waals surface area contributed by atoms with Crippen molar-refractivity contribution in [1.29, 1.82) is 5.26 Å². The molecule has 0 aromatic heterocycles. The Morgan fingerprint density at radius 3 is 2.53 bits per heavy atom. The van der Waals surface area contributed by atoms with Gasteiger partial charge in [0.25, 0.3) is 0 Å². The van der Waals surface area contributed by atoms with Gasteiger partial charge in [-0.25, -0.2) is 0 Å². The fourth-order valence-electron chi connectivity index (χ4n) is 2.12. The lowest BCUT2D eigenvalue weighted by atomic mass is 9.82. The number of hydrogen-bond donors (Lipinski definition) is 0. The first kappa shape index (κ1) is 14.2. The highest BCUT2D eigenvalue weighted by molar-refractivity contribution is 9.10. The van der Waals surface area contributed by atoms with E-state index in [1.54, 1.807) is 0 Å². The molecule has 0 N–H and O–H groups in total. The fraction of sp³-hybridized carbons (Fsp3) is 0.500. The van der Waals surface area contributed by atoms with Crippen molar-refractivity contribution in [3.8, 4) is 6.07 Å². The molecule has 0 spiro atoms. The number of benzene rings is 1. The molecule has 1 aliphatic heterocycles. The molecule has 0 aliphatic carbocycles. The summed E-state index contributed by atoms with van der Waals surface area (Å²) >= 11 is 3.37. The summed E-state index contributed by atoms with van der Waals surface area (Å²) < 4.78 is 6.33. The largest absolute Gasteiger partial charge is 0.381 e. The van der Waals surface area contributed by atoms with Crippen LogP contribution >= 0.6 is 15.9 Å². The van der Waals surface area contributed by atoms with E-state index in [9.17, 15) is 5.26 Å². The Bertz CT molecular complexity index is 488. The molecule has 4 nitrogen and oxygen atoms in total. The van der Waals surface area contributed by atoms with Crippen molar-refractivity contribution in [2.45, 2.75) is 25.3 Å². The van der Waals surface area contributed by atoms with Gasteiger partial charge in [-0.05, 0) is 44.0 Å². The minimum Gasteiger partial charge on any atom is -0.381 e. The van der Waals surface area contributed by atoms with Crippen LogP contribution in [0.4, 0.5) is 5.69 Å². The molecule has 0 amide bonds. The van der Waals surface area contributed by atoms with E-state index in [2.05, 4.69) is 32.2 Å². The molecule has 100 valence electrons. The summed E-state index contributed by atoms with van der Waals surface area (Å²) in [6.45, 7) is 3.26. The quantitative estimate of drug-likeness (QED) is 0.782. The molecule has 1 unspecified atom stereocenters. The van der Waals surface area contributed by atoms with Crippen molar-refractivity contribution in [3.63, 3.8) is 0 Å².